The van der Waals surface area contributed by atoms with Gasteiger partial charge in [-0.1, -0.05) is 17.7 Å². The summed E-state index contributed by atoms with van der Waals surface area (Å²) in [5, 5.41) is 4.05. The molecule has 0 saturated carbocycles. The highest BCUT2D eigenvalue weighted by molar-refractivity contribution is 7.89. The molecule has 0 atom stereocenters. The van der Waals surface area contributed by atoms with Gasteiger partial charge in [0.05, 0.1) is 4.90 Å². The molecule has 24 heavy (non-hydrogen) atoms. The first-order valence-electron chi connectivity index (χ1n) is 7.49. The lowest BCUT2D eigenvalue weighted by atomic mass is 10.1. The number of thiophene rings is 1. The Kier molecular flexibility index (Phi) is 4.80. The van der Waals surface area contributed by atoms with Crippen LogP contribution in [0.15, 0.2) is 58.4 Å². The Balaban J connectivity index is 1.79. The average molecular weight is 358 g/mol. The van der Waals surface area contributed by atoms with Crippen molar-refractivity contribution in [1.82, 2.24) is 9.71 Å². The second-order valence-corrected chi connectivity index (χ2v) is 8.20. The van der Waals surface area contributed by atoms with Gasteiger partial charge in [0.1, 0.15) is 0 Å². The van der Waals surface area contributed by atoms with Crippen LogP contribution in [0, 0.1) is 13.8 Å². The highest BCUT2D eigenvalue weighted by Crippen LogP contribution is 2.22. The van der Waals surface area contributed by atoms with Crippen LogP contribution >= 0.6 is 11.3 Å². The van der Waals surface area contributed by atoms with E-state index >= 15 is 0 Å². The maximum Gasteiger partial charge on any atom is 0.241 e. The van der Waals surface area contributed by atoms with Crippen molar-refractivity contribution in [2.24, 2.45) is 0 Å². The molecule has 1 aromatic carbocycles. The van der Waals surface area contributed by atoms with E-state index in [0.717, 1.165) is 27.8 Å². The topological polar surface area (TPSA) is 59.1 Å². The van der Waals surface area contributed by atoms with Crippen molar-refractivity contribution < 1.29 is 8.42 Å². The molecular formula is C18H18N2O2S2. The minimum Gasteiger partial charge on any atom is -0.264 e. The largest absolute Gasteiger partial charge is 0.264 e. The van der Waals surface area contributed by atoms with E-state index in [1.54, 1.807) is 42.8 Å². The van der Waals surface area contributed by atoms with Gasteiger partial charge in [-0.05, 0) is 59.5 Å². The summed E-state index contributed by atoms with van der Waals surface area (Å²) in [5.74, 6) is 0. The van der Waals surface area contributed by atoms with Crippen molar-refractivity contribution in [2.75, 3.05) is 0 Å². The zero-order valence-electron chi connectivity index (χ0n) is 13.5. The summed E-state index contributed by atoms with van der Waals surface area (Å²) in [4.78, 5) is 4.53. The summed E-state index contributed by atoms with van der Waals surface area (Å²) in [6, 6.07) is 9.30. The molecule has 2 heterocycles. The van der Waals surface area contributed by atoms with Crippen molar-refractivity contribution in [1.29, 1.82) is 0 Å². The van der Waals surface area contributed by atoms with Gasteiger partial charge in [-0.3, -0.25) is 4.98 Å². The first-order chi connectivity index (χ1) is 11.5. The summed E-state index contributed by atoms with van der Waals surface area (Å²) in [6.07, 6.45) is 3.46. The molecule has 4 nitrogen and oxygen atoms in total. The van der Waals surface area contributed by atoms with Crippen LogP contribution in [0.5, 0.6) is 0 Å². The fraction of sp³-hybridized carbons (Fsp3) is 0.167. The number of hydrogen-bond donors (Lipinski definition) is 1. The third kappa shape index (κ3) is 3.72. The second-order valence-electron chi connectivity index (χ2n) is 5.69. The number of benzene rings is 1. The fourth-order valence-electron chi connectivity index (χ4n) is 2.53. The smallest absolute Gasteiger partial charge is 0.241 e. The molecule has 0 bridgehead atoms. The zero-order valence-corrected chi connectivity index (χ0v) is 15.1. The third-order valence-electron chi connectivity index (χ3n) is 3.74. The van der Waals surface area contributed by atoms with Gasteiger partial charge in [0, 0.05) is 24.5 Å². The molecule has 1 N–H and O–H groups in total. The molecule has 0 aliphatic heterocycles. The van der Waals surface area contributed by atoms with Crippen LogP contribution in [0.25, 0.3) is 11.1 Å². The highest BCUT2D eigenvalue weighted by Gasteiger charge is 2.16. The van der Waals surface area contributed by atoms with Crippen LogP contribution < -0.4 is 4.72 Å². The monoisotopic (exact) mass is 358 g/mol. The first-order valence-corrected chi connectivity index (χ1v) is 9.92. The molecule has 3 aromatic rings. The maximum atomic E-state index is 12.5. The van der Waals surface area contributed by atoms with Crippen LogP contribution in [0.3, 0.4) is 0 Å². The van der Waals surface area contributed by atoms with E-state index in [2.05, 4.69) is 9.71 Å². The molecular weight excluding hydrogens is 340 g/mol. The first kappa shape index (κ1) is 16.8. The minimum absolute atomic E-state index is 0.209. The number of nitrogens with zero attached hydrogens (tertiary/aromatic N) is 1. The zero-order chi connectivity index (χ0) is 17.2. The molecule has 124 valence electrons. The molecule has 0 radical (unpaired) electrons. The third-order valence-corrected chi connectivity index (χ3v) is 5.98. The summed E-state index contributed by atoms with van der Waals surface area (Å²) in [6.45, 7) is 3.96. The number of hydrogen-bond acceptors (Lipinski definition) is 4. The number of aryl methyl sites for hydroxylation is 2. The molecule has 6 heteroatoms. The Morgan fingerprint density at radius 2 is 1.92 bits per heavy atom. The Hall–Kier alpha value is -2.02. The van der Waals surface area contributed by atoms with Gasteiger partial charge in [-0.25, -0.2) is 13.1 Å². The van der Waals surface area contributed by atoms with E-state index in [1.165, 1.54) is 0 Å². The second kappa shape index (κ2) is 6.84. The molecule has 2 aromatic heterocycles. The quantitative estimate of drug-likeness (QED) is 0.752. The van der Waals surface area contributed by atoms with Crippen molar-refractivity contribution >= 4 is 21.4 Å². The van der Waals surface area contributed by atoms with E-state index in [0.29, 0.717) is 4.90 Å². The minimum atomic E-state index is -3.55. The van der Waals surface area contributed by atoms with Crippen LogP contribution in [0.1, 0.15) is 16.7 Å². The van der Waals surface area contributed by atoms with E-state index in [4.69, 9.17) is 0 Å². The van der Waals surface area contributed by atoms with E-state index in [-0.39, 0.29) is 6.54 Å². The summed E-state index contributed by atoms with van der Waals surface area (Å²) < 4.78 is 27.7. The normalized spacial score (nSPS) is 11.6. The van der Waals surface area contributed by atoms with Crippen molar-refractivity contribution in [2.45, 2.75) is 25.3 Å². The van der Waals surface area contributed by atoms with Gasteiger partial charge in [0.2, 0.25) is 10.0 Å². The summed E-state index contributed by atoms with van der Waals surface area (Å²) in [7, 11) is -3.55. The molecule has 0 unspecified atom stereocenters. The lowest BCUT2D eigenvalue weighted by Gasteiger charge is -2.10. The fourth-order valence-corrected chi connectivity index (χ4v) is 4.43. The molecule has 0 saturated heterocycles. The SMILES string of the molecule is Cc1ccc(S(=O)(=O)NCc2cncc(-c3ccsc3)c2)c(C)c1. The van der Waals surface area contributed by atoms with Crippen LogP contribution in [0.2, 0.25) is 0 Å². The Bertz CT molecular complexity index is 949. The van der Waals surface area contributed by atoms with Crippen molar-refractivity contribution in [3.8, 4) is 11.1 Å². The highest BCUT2D eigenvalue weighted by atomic mass is 32.2. The Morgan fingerprint density at radius 3 is 2.62 bits per heavy atom. The van der Waals surface area contributed by atoms with E-state index < -0.39 is 10.0 Å². The van der Waals surface area contributed by atoms with Gasteiger partial charge in [0.25, 0.3) is 0 Å². The molecule has 0 fully saturated rings. The number of rotatable bonds is 5. The van der Waals surface area contributed by atoms with Gasteiger partial charge in [0.15, 0.2) is 0 Å². The van der Waals surface area contributed by atoms with Crippen LogP contribution in [0.4, 0.5) is 0 Å². The lowest BCUT2D eigenvalue weighted by molar-refractivity contribution is 0.580. The van der Waals surface area contributed by atoms with E-state index in [1.807, 2.05) is 35.9 Å². The number of sulfonamides is 1. The van der Waals surface area contributed by atoms with Crippen molar-refractivity contribution in [3.63, 3.8) is 0 Å². The Labute approximate surface area is 146 Å². The summed E-state index contributed by atoms with van der Waals surface area (Å²) in [5.41, 5.74) is 4.69. The van der Waals surface area contributed by atoms with Gasteiger partial charge in [-0.2, -0.15) is 11.3 Å². The summed E-state index contributed by atoms with van der Waals surface area (Å²) >= 11 is 1.62. The van der Waals surface area contributed by atoms with Gasteiger partial charge >= 0.3 is 0 Å². The van der Waals surface area contributed by atoms with Gasteiger partial charge < -0.3 is 0 Å². The molecule has 3 rings (SSSR count). The maximum absolute atomic E-state index is 12.5. The van der Waals surface area contributed by atoms with Crippen LogP contribution in [-0.4, -0.2) is 13.4 Å². The lowest BCUT2D eigenvalue weighted by Crippen LogP contribution is -2.24. The van der Waals surface area contributed by atoms with E-state index in [9.17, 15) is 8.42 Å². The Morgan fingerprint density at radius 1 is 1.08 bits per heavy atom. The predicted octanol–water partition coefficient (Wildman–Crippen LogP) is 3.91. The molecule has 0 spiro atoms. The average Bonchev–Trinajstić information content (AvgIpc) is 3.07. The standard InChI is InChI=1S/C18H18N2O2S2/c1-13-3-4-18(14(2)7-13)24(21,22)20-10-15-8-17(11-19-9-15)16-5-6-23-12-16/h3-9,11-12,20H,10H2,1-2H3. The van der Waals surface area contributed by atoms with Crippen molar-refractivity contribution in [3.05, 3.63) is 70.2 Å². The molecule has 0 aliphatic rings. The molecule has 0 aliphatic carbocycles. The van der Waals surface area contributed by atoms with Gasteiger partial charge in [-0.15, -0.1) is 0 Å². The molecule has 0 amide bonds. The number of nitrogens with one attached hydrogen (secondary N) is 1. The van der Waals surface area contributed by atoms with Crippen LogP contribution in [-0.2, 0) is 16.6 Å². The predicted molar refractivity (Wildman–Crippen MR) is 97.5 cm³/mol. The number of pyridine rings is 1. The number of aromatic nitrogens is 1.